The van der Waals surface area contributed by atoms with E-state index in [0.29, 0.717) is 0 Å². The van der Waals surface area contributed by atoms with Crippen molar-refractivity contribution in [1.29, 1.82) is 0 Å². The molecule has 14 heavy (non-hydrogen) atoms. The molecular weight excluding hydrogens is 172 g/mol. The Morgan fingerprint density at radius 1 is 1.36 bits per heavy atom. The van der Waals surface area contributed by atoms with Gasteiger partial charge < -0.3 is 10.6 Å². The minimum Gasteiger partial charge on any atom is -0.385 e. The van der Waals surface area contributed by atoms with E-state index in [2.05, 4.69) is 41.8 Å². The van der Waals surface area contributed by atoms with Crippen LogP contribution in [0.1, 0.15) is 6.92 Å². The smallest absolute Gasteiger partial charge is 0.0340 e. The molecule has 0 amide bonds. The second kappa shape index (κ2) is 4.47. The van der Waals surface area contributed by atoms with Crippen LogP contribution in [0.3, 0.4) is 0 Å². The highest BCUT2D eigenvalue weighted by Crippen LogP contribution is 2.16. The van der Waals surface area contributed by atoms with Crippen molar-refractivity contribution in [3.05, 3.63) is 30.3 Å². The molecule has 2 rings (SSSR count). The number of benzene rings is 1. The van der Waals surface area contributed by atoms with Gasteiger partial charge in [-0.05, 0) is 37.1 Å². The van der Waals surface area contributed by atoms with E-state index < -0.39 is 0 Å². The molecule has 1 aliphatic heterocycles. The summed E-state index contributed by atoms with van der Waals surface area (Å²) in [6, 6.07) is 10.4. The third-order valence-corrected chi connectivity index (χ3v) is 3.02. The zero-order valence-corrected chi connectivity index (χ0v) is 8.66. The molecular formula is C12H18N2. The topological polar surface area (TPSA) is 24.1 Å². The minimum absolute atomic E-state index is 0.761. The molecule has 2 N–H and O–H groups in total. The van der Waals surface area contributed by atoms with E-state index in [1.54, 1.807) is 0 Å². The van der Waals surface area contributed by atoms with Gasteiger partial charge in [0.2, 0.25) is 0 Å². The number of hydrogen-bond donors (Lipinski definition) is 2. The lowest BCUT2D eigenvalue weighted by atomic mass is 9.89. The predicted molar refractivity (Wildman–Crippen MR) is 60.5 cm³/mol. The van der Waals surface area contributed by atoms with Crippen LogP contribution in [0.15, 0.2) is 30.3 Å². The number of nitrogens with one attached hydrogen (secondary N) is 2. The van der Waals surface area contributed by atoms with E-state index >= 15 is 0 Å². The molecule has 0 bridgehead atoms. The maximum absolute atomic E-state index is 3.47. The lowest BCUT2D eigenvalue weighted by Gasteiger charge is -2.32. The maximum Gasteiger partial charge on any atom is 0.0340 e. The lowest BCUT2D eigenvalue weighted by molar-refractivity contribution is 0.258. The van der Waals surface area contributed by atoms with E-state index in [9.17, 15) is 0 Å². The summed E-state index contributed by atoms with van der Waals surface area (Å²) in [4.78, 5) is 0. The van der Waals surface area contributed by atoms with E-state index in [4.69, 9.17) is 0 Å². The monoisotopic (exact) mass is 190 g/mol. The zero-order valence-electron chi connectivity index (χ0n) is 8.66. The molecule has 2 nitrogen and oxygen atoms in total. The fraction of sp³-hybridized carbons (Fsp3) is 0.500. The fourth-order valence-electron chi connectivity index (χ4n) is 1.71. The van der Waals surface area contributed by atoms with Gasteiger partial charge in [0.05, 0.1) is 0 Å². The van der Waals surface area contributed by atoms with Crippen molar-refractivity contribution >= 4 is 5.69 Å². The second-order valence-electron chi connectivity index (χ2n) is 4.14. The standard InChI is InChI=1S/C12H18N2/c1-10(11-8-13-9-11)7-14-12-5-3-2-4-6-12/h2-6,10-11,13-14H,7-9H2,1H3. The van der Waals surface area contributed by atoms with Gasteiger partial charge in [0.15, 0.2) is 0 Å². The minimum atomic E-state index is 0.761. The van der Waals surface area contributed by atoms with Gasteiger partial charge in [-0.15, -0.1) is 0 Å². The first kappa shape index (κ1) is 9.53. The first-order valence-electron chi connectivity index (χ1n) is 5.36. The first-order valence-corrected chi connectivity index (χ1v) is 5.36. The molecule has 76 valence electrons. The van der Waals surface area contributed by atoms with E-state index in [1.807, 2.05) is 6.07 Å². The highest BCUT2D eigenvalue weighted by Gasteiger charge is 2.22. The fourth-order valence-corrected chi connectivity index (χ4v) is 1.71. The molecule has 0 spiro atoms. The van der Waals surface area contributed by atoms with Crippen molar-refractivity contribution in [2.45, 2.75) is 6.92 Å². The third kappa shape index (κ3) is 2.26. The van der Waals surface area contributed by atoms with Crippen LogP contribution in [-0.4, -0.2) is 19.6 Å². The Balaban J connectivity index is 1.76. The summed E-state index contributed by atoms with van der Waals surface area (Å²) in [6.07, 6.45) is 0. The summed E-state index contributed by atoms with van der Waals surface area (Å²) in [5.74, 6) is 1.63. The van der Waals surface area contributed by atoms with Gasteiger partial charge in [-0.25, -0.2) is 0 Å². The molecule has 2 heteroatoms. The summed E-state index contributed by atoms with van der Waals surface area (Å²) < 4.78 is 0. The van der Waals surface area contributed by atoms with Gasteiger partial charge in [0.1, 0.15) is 0 Å². The Labute approximate surface area is 85.7 Å². The van der Waals surface area contributed by atoms with Gasteiger partial charge in [0.25, 0.3) is 0 Å². The molecule has 0 aromatic heterocycles. The Morgan fingerprint density at radius 2 is 2.07 bits per heavy atom. The van der Waals surface area contributed by atoms with Crippen LogP contribution in [0.25, 0.3) is 0 Å². The average molecular weight is 190 g/mol. The molecule has 1 aromatic carbocycles. The normalized spacial score (nSPS) is 18.6. The Hall–Kier alpha value is -1.02. The van der Waals surface area contributed by atoms with Gasteiger partial charge in [-0.2, -0.15) is 0 Å². The van der Waals surface area contributed by atoms with Crippen LogP contribution >= 0.6 is 0 Å². The molecule has 1 aromatic rings. The largest absolute Gasteiger partial charge is 0.385 e. The summed E-state index contributed by atoms with van der Waals surface area (Å²) >= 11 is 0. The van der Waals surface area contributed by atoms with Gasteiger partial charge >= 0.3 is 0 Å². The van der Waals surface area contributed by atoms with E-state index in [-0.39, 0.29) is 0 Å². The number of anilines is 1. The van der Waals surface area contributed by atoms with Crippen molar-refractivity contribution in [2.75, 3.05) is 25.0 Å². The Bertz CT molecular complexity index is 267. The quantitative estimate of drug-likeness (QED) is 0.758. The van der Waals surface area contributed by atoms with E-state index in [0.717, 1.165) is 18.4 Å². The summed E-state index contributed by atoms with van der Waals surface area (Å²) in [6.45, 7) is 5.78. The summed E-state index contributed by atoms with van der Waals surface area (Å²) in [7, 11) is 0. The Morgan fingerprint density at radius 3 is 2.64 bits per heavy atom. The van der Waals surface area contributed by atoms with Crippen LogP contribution in [0, 0.1) is 11.8 Å². The summed E-state index contributed by atoms with van der Waals surface area (Å²) in [5, 5.41) is 6.78. The molecule has 1 aliphatic rings. The zero-order chi connectivity index (χ0) is 9.80. The number of rotatable bonds is 4. The van der Waals surface area contributed by atoms with Crippen molar-refractivity contribution in [1.82, 2.24) is 5.32 Å². The van der Waals surface area contributed by atoms with Crippen LogP contribution < -0.4 is 10.6 Å². The van der Waals surface area contributed by atoms with Crippen molar-refractivity contribution in [3.63, 3.8) is 0 Å². The number of para-hydroxylation sites is 1. The van der Waals surface area contributed by atoms with Crippen LogP contribution in [0.2, 0.25) is 0 Å². The van der Waals surface area contributed by atoms with Crippen molar-refractivity contribution < 1.29 is 0 Å². The number of hydrogen-bond acceptors (Lipinski definition) is 2. The molecule has 1 atom stereocenters. The van der Waals surface area contributed by atoms with Crippen LogP contribution in [-0.2, 0) is 0 Å². The van der Waals surface area contributed by atoms with Gasteiger partial charge in [0, 0.05) is 12.2 Å². The molecule has 1 fully saturated rings. The van der Waals surface area contributed by atoms with Gasteiger partial charge in [-0.1, -0.05) is 25.1 Å². The first-order chi connectivity index (χ1) is 6.86. The maximum atomic E-state index is 3.47. The van der Waals surface area contributed by atoms with Crippen molar-refractivity contribution in [2.24, 2.45) is 11.8 Å². The van der Waals surface area contributed by atoms with Crippen LogP contribution in [0.4, 0.5) is 5.69 Å². The molecule has 0 aliphatic carbocycles. The predicted octanol–water partition coefficient (Wildman–Crippen LogP) is 1.95. The molecule has 0 radical (unpaired) electrons. The average Bonchev–Trinajstić information content (AvgIpc) is 2.14. The third-order valence-electron chi connectivity index (χ3n) is 3.02. The highest BCUT2D eigenvalue weighted by atomic mass is 15.0. The molecule has 1 saturated heterocycles. The van der Waals surface area contributed by atoms with Crippen LogP contribution in [0.5, 0.6) is 0 Å². The van der Waals surface area contributed by atoms with Gasteiger partial charge in [-0.3, -0.25) is 0 Å². The van der Waals surface area contributed by atoms with E-state index in [1.165, 1.54) is 18.8 Å². The highest BCUT2D eigenvalue weighted by molar-refractivity contribution is 5.42. The van der Waals surface area contributed by atoms with Crippen molar-refractivity contribution in [3.8, 4) is 0 Å². The lowest BCUT2D eigenvalue weighted by Crippen LogP contribution is -2.46. The Kier molecular flexibility index (Phi) is 3.04. The summed E-state index contributed by atoms with van der Waals surface area (Å²) in [5.41, 5.74) is 1.23. The SMILES string of the molecule is CC(CNc1ccccc1)C1CNC1. The molecule has 1 heterocycles. The second-order valence-corrected chi connectivity index (χ2v) is 4.14. The molecule has 1 unspecified atom stereocenters. The molecule has 0 saturated carbocycles.